The molecule has 2 aliphatic heterocycles. The van der Waals surface area contributed by atoms with Crippen LogP contribution in [0.2, 0.25) is 0 Å². The van der Waals surface area contributed by atoms with Crippen molar-refractivity contribution in [3.8, 4) is 11.5 Å². The average Bonchev–Trinajstić information content (AvgIpc) is 2.85. The average molecular weight is 440 g/mol. The van der Waals surface area contributed by atoms with Crippen LogP contribution in [-0.2, 0) is 11.3 Å². The monoisotopic (exact) mass is 439 g/mol. The number of anilines is 1. The number of rotatable bonds is 10. The van der Waals surface area contributed by atoms with E-state index in [-0.39, 0.29) is 0 Å². The Bertz CT molecular complexity index is 817. The third-order valence-electron chi connectivity index (χ3n) is 6.34. The molecule has 0 aromatic heterocycles. The van der Waals surface area contributed by atoms with Gasteiger partial charge in [-0.3, -0.25) is 9.80 Å². The first-order chi connectivity index (χ1) is 15.8. The summed E-state index contributed by atoms with van der Waals surface area (Å²) in [6.07, 6.45) is 2.26. The molecule has 174 valence electrons. The second kappa shape index (κ2) is 12.1. The van der Waals surface area contributed by atoms with E-state index in [9.17, 15) is 0 Å². The van der Waals surface area contributed by atoms with Crippen molar-refractivity contribution < 1.29 is 14.2 Å². The summed E-state index contributed by atoms with van der Waals surface area (Å²) in [4.78, 5) is 7.46. The number of benzene rings is 2. The molecule has 0 atom stereocenters. The first-order valence-corrected chi connectivity index (χ1v) is 11.9. The van der Waals surface area contributed by atoms with Gasteiger partial charge in [0.1, 0.15) is 11.5 Å². The highest BCUT2D eigenvalue weighted by atomic mass is 16.5. The van der Waals surface area contributed by atoms with Crippen LogP contribution in [0.15, 0.2) is 48.5 Å². The van der Waals surface area contributed by atoms with Crippen LogP contribution in [0.5, 0.6) is 11.5 Å². The first-order valence-electron chi connectivity index (χ1n) is 11.9. The standard InChI is InChI=1S/C26H37N3O3/c1-30-25-8-5-7-24(21-25)29-13-11-27(12-14-29)10-2-3-17-32-26-9-4-6-23(20-26)22-28-15-18-31-19-16-28/h4-9,20-21H,2-3,10-19,22H2,1H3. The van der Waals surface area contributed by atoms with Crippen molar-refractivity contribution in [2.75, 3.05) is 77.6 Å². The van der Waals surface area contributed by atoms with Crippen LogP contribution in [0, 0.1) is 0 Å². The lowest BCUT2D eigenvalue weighted by molar-refractivity contribution is 0.0341. The molecule has 32 heavy (non-hydrogen) atoms. The van der Waals surface area contributed by atoms with Crippen molar-refractivity contribution in [3.63, 3.8) is 0 Å². The molecule has 6 nitrogen and oxygen atoms in total. The van der Waals surface area contributed by atoms with Gasteiger partial charge in [0.05, 0.1) is 26.9 Å². The van der Waals surface area contributed by atoms with Crippen LogP contribution in [0.4, 0.5) is 5.69 Å². The predicted octanol–water partition coefficient (Wildman–Crippen LogP) is 3.51. The van der Waals surface area contributed by atoms with Crippen molar-refractivity contribution in [2.24, 2.45) is 0 Å². The van der Waals surface area contributed by atoms with Gasteiger partial charge in [0, 0.05) is 57.6 Å². The van der Waals surface area contributed by atoms with E-state index in [0.717, 1.165) is 90.1 Å². The minimum Gasteiger partial charge on any atom is -0.497 e. The summed E-state index contributed by atoms with van der Waals surface area (Å²) in [6.45, 7) is 11.0. The number of morpholine rings is 1. The number of piperazine rings is 1. The summed E-state index contributed by atoms with van der Waals surface area (Å²) in [5, 5.41) is 0. The van der Waals surface area contributed by atoms with Crippen molar-refractivity contribution in [3.05, 3.63) is 54.1 Å². The molecule has 2 fully saturated rings. The Morgan fingerprint density at radius 1 is 0.812 bits per heavy atom. The molecule has 0 amide bonds. The molecule has 4 rings (SSSR count). The van der Waals surface area contributed by atoms with Crippen molar-refractivity contribution in [1.29, 1.82) is 0 Å². The molecule has 0 saturated carbocycles. The van der Waals surface area contributed by atoms with Gasteiger partial charge in [0.2, 0.25) is 0 Å². The molecule has 2 heterocycles. The summed E-state index contributed by atoms with van der Waals surface area (Å²) in [5.41, 5.74) is 2.58. The van der Waals surface area contributed by atoms with Crippen molar-refractivity contribution in [2.45, 2.75) is 19.4 Å². The maximum atomic E-state index is 6.04. The molecule has 0 radical (unpaired) electrons. The van der Waals surface area contributed by atoms with Crippen LogP contribution >= 0.6 is 0 Å². The van der Waals surface area contributed by atoms with E-state index in [0.29, 0.717) is 0 Å². The summed E-state index contributed by atoms with van der Waals surface area (Å²) < 4.78 is 16.8. The maximum Gasteiger partial charge on any atom is 0.120 e. The van der Waals surface area contributed by atoms with Crippen molar-refractivity contribution in [1.82, 2.24) is 9.80 Å². The summed E-state index contributed by atoms with van der Waals surface area (Å²) in [7, 11) is 1.73. The van der Waals surface area contributed by atoms with E-state index < -0.39 is 0 Å². The highest BCUT2D eigenvalue weighted by molar-refractivity contribution is 5.51. The molecule has 0 aliphatic carbocycles. The predicted molar refractivity (Wildman–Crippen MR) is 129 cm³/mol. The zero-order valence-corrected chi connectivity index (χ0v) is 19.4. The Morgan fingerprint density at radius 3 is 2.41 bits per heavy atom. The third-order valence-corrected chi connectivity index (χ3v) is 6.34. The fourth-order valence-electron chi connectivity index (χ4n) is 4.42. The van der Waals surface area contributed by atoms with Gasteiger partial charge in [0.15, 0.2) is 0 Å². The Labute approximate surface area is 192 Å². The van der Waals surface area contributed by atoms with Gasteiger partial charge in [-0.25, -0.2) is 0 Å². The molecule has 0 N–H and O–H groups in total. The summed E-state index contributed by atoms with van der Waals surface area (Å²) in [6, 6.07) is 16.9. The number of unbranched alkanes of at least 4 members (excludes halogenated alkanes) is 1. The van der Waals surface area contributed by atoms with Crippen LogP contribution in [0.25, 0.3) is 0 Å². The minimum absolute atomic E-state index is 0.783. The zero-order chi connectivity index (χ0) is 22.0. The molecule has 2 aromatic rings. The molecule has 2 aliphatic rings. The molecule has 6 heteroatoms. The number of ether oxygens (including phenoxy) is 3. The molecule has 0 spiro atoms. The van der Waals surface area contributed by atoms with Gasteiger partial charge in [-0.2, -0.15) is 0 Å². The van der Waals surface area contributed by atoms with Gasteiger partial charge < -0.3 is 19.1 Å². The normalized spacial score (nSPS) is 18.0. The van der Waals surface area contributed by atoms with E-state index in [1.807, 2.05) is 6.07 Å². The van der Waals surface area contributed by atoms with Crippen LogP contribution in [-0.4, -0.2) is 82.5 Å². The molecular formula is C26H37N3O3. The molecular weight excluding hydrogens is 402 g/mol. The number of methoxy groups -OCH3 is 1. The smallest absolute Gasteiger partial charge is 0.120 e. The fourth-order valence-corrected chi connectivity index (χ4v) is 4.42. The van der Waals surface area contributed by atoms with Gasteiger partial charge in [-0.15, -0.1) is 0 Å². The molecule has 0 unspecified atom stereocenters. The SMILES string of the molecule is COc1cccc(N2CCN(CCCCOc3cccc(CN4CCOCC4)c3)CC2)c1. The molecule has 2 saturated heterocycles. The van der Waals surface area contributed by atoms with Crippen molar-refractivity contribution >= 4 is 5.69 Å². The van der Waals surface area contributed by atoms with Crippen LogP contribution in [0.1, 0.15) is 18.4 Å². The second-order valence-corrected chi connectivity index (χ2v) is 8.62. The van der Waals surface area contributed by atoms with Gasteiger partial charge in [-0.1, -0.05) is 18.2 Å². The first kappa shape index (κ1) is 22.9. The lowest BCUT2D eigenvalue weighted by atomic mass is 10.2. The van der Waals surface area contributed by atoms with E-state index >= 15 is 0 Å². The van der Waals surface area contributed by atoms with Crippen LogP contribution in [0.3, 0.4) is 0 Å². The summed E-state index contributed by atoms with van der Waals surface area (Å²) in [5.74, 6) is 1.92. The molecule has 0 bridgehead atoms. The zero-order valence-electron chi connectivity index (χ0n) is 19.4. The summed E-state index contributed by atoms with van der Waals surface area (Å²) >= 11 is 0. The topological polar surface area (TPSA) is 37.4 Å². The maximum absolute atomic E-state index is 6.04. The van der Waals surface area contributed by atoms with E-state index in [1.165, 1.54) is 17.7 Å². The highest BCUT2D eigenvalue weighted by Gasteiger charge is 2.17. The van der Waals surface area contributed by atoms with Gasteiger partial charge in [0.25, 0.3) is 0 Å². The Balaban J connectivity index is 1.11. The fraction of sp³-hybridized carbons (Fsp3) is 0.538. The van der Waals surface area contributed by atoms with Gasteiger partial charge >= 0.3 is 0 Å². The Morgan fingerprint density at radius 2 is 1.59 bits per heavy atom. The third kappa shape index (κ3) is 6.86. The largest absolute Gasteiger partial charge is 0.497 e. The highest BCUT2D eigenvalue weighted by Crippen LogP contribution is 2.22. The lowest BCUT2D eigenvalue weighted by Crippen LogP contribution is -2.46. The lowest BCUT2D eigenvalue weighted by Gasteiger charge is -2.36. The van der Waals surface area contributed by atoms with Gasteiger partial charge in [-0.05, 0) is 49.2 Å². The number of nitrogens with zero attached hydrogens (tertiary/aromatic N) is 3. The Hall–Kier alpha value is -2.28. The van der Waals surface area contributed by atoms with E-state index in [4.69, 9.17) is 14.2 Å². The quantitative estimate of drug-likeness (QED) is 0.528. The van der Waals surface area contributed by atoms with E-state index in [2.05, 4.69) is 57.2 Å². The van der Waals surface area contributed by atoms with E-state index in [1.54, 1.807) is 7.11 Å². The minimum atomic E-state index is 0.783. The number of hydrogen-bond donors (Lipinski definition) is 0. The second-order valence-electron chi connectivity index (χ2n) is 8.62. The Kier molecular flexibility index (Phi) is 8.65. The molecule has 2 aromatic carbocycles. The number of hydrogen-bond acceptors (Lipinski definition) is 6. The van der Waals surface area contributed by atoms with Crippen LogP contribution < -0.4 is 14.4 Å².